The van der Waals surface area contributed by atoms with Crippen LogP contribution in [-0.2, 0) is 11.2 Å². The summed E-state index contributed by atoms with van der Waals surface area (Å²) in [5.74, 6) is -1.78. The Morgan fingerprint density at radius 1 is 1.33 bits per heavy atom. The highest BCUT2D eigenvalue weighted by Crippen LogP contribution is 2.24. The molecule has 1 aliphatic rings. The van der Waals surface area contributed by atoms with Crippen molar-refractivity contribution in [2.75, 3.05) is 0 Å². The van der Waals surface area contributed by atoms with Crippen LogP contribution in [0.5, 0.6) is 0 Å². The minimum atomic E-state index is -0.695. The van der Waals surface area contributed by atoms with Crippen molar-refractivity contribution < 1.29 is 13.6 Å². The minimum absolute atomic E-state index is 0.0839. The van der Waals surface area contributed by atoms with Crippen LogP contribution in [0.1, 0.15) is 24.8 Å². The number of hydrogen-bond acceptors (Lipinski definition) is 1. The van der Waals surface area contributed by atoms with Gasteiger partial charge in [-0.3, -0.25) is 4.79 Å². The van der Waals surface area contributed by atoms with Crippen LogP contribution in [0.15, 0.2) is 18.2 Å². The maximum atomic E-state index is 13.4. The maximum absolute atomic E-state index is 13.4. The molecule has 0 spiro atoms. The number of rotatable bonds is 3. The van der Waals surface area contributed by atoms with E-state index in [1.165, 1.54) is 6.07 Å². The topological polar surface area (TPSA) is 29.1 Å². The zero-order chi connectivity index (χ0) is 13.1. The van der Waals surface area contributed by atoms with Crippen molar-refractivity contribution in [2.45, 2.75) is 37.1 Å². The molecule has 18 heavy (non-hydrogen) atoms. The Bertz CT molecular complexity index is 432. The quantitative estimate of drug-likeness (QED) is 0.843. The zero-order valence-corrected chi connectivity index (χ0v) is 10.5. The molecule has 98 valence electrons. The Balaban J connectivity index is 1.99. The van der Waals surface area contributed by atoms with E-state index in [4.69, 9.17) is 11.6 Å². The molecule has 0 bridgehead atoms. The number of amides is 1. The molecular weight excluding hydrogens is 260 g/mol. The second kappa shape index (κ2) is 5.65. The molecular formula is C13H14ClF2NO. The number of benzene rings is 1. The summed E-state index contributed by atoms with van der Waals surface area (Å²) in [4.78, 5) is 11.7. The second-order valence-electron chi connectivity index (χ2n) is 4.50. The van der Waals surface area contributed by atoms with Crippen LogP contribution >= 0.6 is 11.6 Å². The summed E-state index contributed by atoms with van der Waals surface area (Å²) in [6.45, 7) is 0. The SMILES string of the molecule is O=C(Cc1c(F)cccc1F)NC1CCCC1Cl. The van der Waals surface area contributed by atoms with Gasteiger partial charge in [0.05, 0.1) is 11.8 Å². The van der Waals surface area contributed by atoms with Crippen LogP contribution < -0.4 is 5.32 Å². The molecule has 2 rings (SSSR count). The van der Waals surface area contributed by atoms with Gasteiger partial charge in [-0.05, 0) is 31.4 Å². The summed E-state index contributed by atoms with van der Waals surface area (Å²) in [7, 11) is 0. The van der Waals surface area contributed by atoms with Gasteiger partial charge in [0.25, 0.3) is 0 Å². The molecule has 0 radical (unpaired) electrons. The van der Waals surface area contributed by atoms with Crippen molar-refractivity contribution in [1.82, 2.24) is 5.32 Å². The van der Waals surface area contributed by atoms with Gasteiger partial charge < -0.3 is 5.32 Å². The number of nitrogens with one attached hydrogen (secondary N) is 1. The highest BCUT2D eigenvalue weighted by atomic mass is 35.5. The standard InChI is InChI=1S/C13H14ClF2NO/c14-9-3-1-6-12(9)17-13(18)7-8-10(15)4-2-5-11(8)16/h2,4-5,9,12H,1,3,6-7H2,(H,17,18). The molecule has 1 N–H and O–H groups in total. The molecule has 1 saturated carbocycles. The van der Waals surface area contributed by atoms with Gasteiger partial charge in [-0.25, -0.2) is 8.78 Å². The minimum Gasteiger partial charge on any atom is -0.352 e. The van der Waals surface area contributed by atoms with E-state index in [9.17, 15) is 13.6 Å². The normalized spacial score (nSPS) is 23.1. The van der Waals surface area contributed by atoms with Crippen LogP contribution in [0.4, 0.5) is 8.78 Å². The third-order valence-corrected chi connectivity index (χ3v) is 3.70. The lowest BCUT2D eigenvalue weighted by Crippen LogP contribution is -2.38. The van der Waals surface area contributed by atoms with Crippen molar-refractivity contribution in [2.24, 2.45) is 0 Å². The summed E-state index contributed by atoms with van der Waals surface area (Å²) in [6, 6.07) is 3.48. The van der Waals surface area contributed by atoms with Gasteiger partial charge in [-0.1, -0.05) is 6.07 Å². The Labute approximate surface area is 109 Å². The molecule has 1 aliphatic carbocycles. The van der Waals surface area contributed by atoms with Gasteiger partial charge in [0.2, 0.25) is 5.91 Å². The van der Waals surface area contributed by atoms with Gasteiger partial charge in [0, 0.05) is 11.6 Å². The summed E-state index contributed by atoms with van der Waals surface area (Å²) in [5, 5.41) is 2.64. The lowest BCUT2D eigenvalue weighted by atomic mass is 10.1. The molecule has 0 saturated heterocycles. The van der Waals surface area contributed by atoms with Crippen LogP contribution in [0.25, 0.3) is 0 Å². The third kappa shape index (κ3) is 2.99. The molecule has 1 aromatic rings. The largest absolute Gasteiger partial charge is 0.352 e. The first-order valence-electron chi connectivity index (χ1n) is 5.94. The van der Waals surface area contributed by atoms with Gasteiger partial charge in [0.15, 0.2) is 0 Å². The van der Waals surface area contributed by atoms with E-state index in [1.807, 2.05) is 0 Å². The average Bonchev–Trinajstić information content (AvgIpc) is 2.70. The van der Waals surface area contributed by atoms with E-state index in [0.29, 0.717) is 0 Å². The molecule has 0 heterocycles. The first kappa shape index (κ1) is 13.3. The fourth-order valence-corrected chi connectivity index (χ4v) is 2.54. The Hall–Kier alpha value is -1.16. The van der Waals surface area contributed by atoms with Crippen molar-refractivity contribution in [3.8, 4) is 0 Å². The molecule has 2 unspecified atom stereocenters. The summed E-state index contributed by atoms with van der Waals surface area (Å²) < 4.78 is 26.7. The Morgan fingerprint density at radius 2 is 2.00 bits per heavy atom. The molecule has 1 amide bonds. The Morgan fingerprint density at radius 3 is 2.56 bits per heavy atom. The molecule has 2 nitrogen and oxygen atoms in total. The third-order valence-electron chi connectivity index (χ3n) is 3.18. The Kier molecular flexibility index (Phi) is 4.17. The predicted molar refractivity (Wildman–Crippen MR) is 65.5 cm³/mol. The van der Waals surface area contributed by atoms with Crippen LogP contribution in [-0.4, -0.2) is 17.3 Å². The fourth-order valence-electron chi connectivity index (χ4n) is 2.20. The number of halogens is 3. The van der Waals surface area contributed by atoms with Crippen molar-refractivity contribution in [3.63, 3.8) is 0 Å². The molecule has 0 aliphatic heterocycles. The van der Waals surface area contributed by atoms with Crippen molar-refractivity contribution >= 4 is 17.5 Å². The highest BCUT2D eigenvalue weighted by molar-refractivity contribution is 6.21. The predicted octanol–water partition coefficient (Wildman–Crippen LogP) is 2.78. The summed E-state index contributed by atoms with van der Waals surface area (Å²) in [6.07, 6.45) is 2.35. The highest BCUT2D eigenvalue weighted by Gasteiger charge is 2.27. The van der Waals surface area contributed by atoms with E-state index >= 15 is 0 Å². The zero-order valence-electron chi connectivity index (χ0n) is 9.76. The molecule has 0 aromatic heterocycles. The lowest BCUT2D eigenvalue weighted by Gasteiger charge is -2.16. The van der Waals surface area contributed by atoms with Gasteiger partial charge >= 0.3 is 0 Å². The van der Waals surface area contributed by atoms with Gasteiger partial charge in [0.1, 0.15) is 11.6 Å². The van der Waals surface area contributed by atoms with Crippen LogP contribution in [0.3, 0.4) is 0 Å². The van der Waals surface area contributed by atoms with Crippen LogP contribution in [0, 0.1) is 11.6 Å². The van der Waals surface area contributed by atoms with E-state index in [0.717, 1.165) is 31.4 Å². The average molecular weight is 274 g/mol. The number of carbonyl (C=O) groups is 1. The first-order chi connectivity index (χ1) is 8.58. The van der Waals surface area contributed by atoms with Gasteiger partial charge in [-0.2, -0.15) is 0 Å². The van der Waals surface area contributed by atoms with E-state index in [-0.39, 0.29) is 23.4 Å². The summed E-state index contributed by atoms with van der Waals surface area (Å²) >= 11 is 6.02. The fraction of sp³-hybridized carbons (Fsp3) is 0.462. The van der Waals surface area contributed by atoms with Crippen LogP contribution in [0.2, 0.25) is 0 Å². The second-order valence-corrected chi connectivity index (χ2v) is 5.06. The number of hydrogen-bond donors (Lipinski definition) is 1. The summed E-state index contributed by atoms with van der Waals surface area (Å²) in [5.41, 5.74) is -0.195. The van der Waals surface area contributed by atoms with Crippen molar-refractivity contribution in [3.05, 3.63) is 35.4 Å². The van der Waals surface area contributed by atoms with Crippen molar-refractivity contribution in [1.29, 1.82) is 0 Å². The monoisotopic (exact) mass is 273 g/mol. The molecule has 1 fully saturated rings. The first-order valence-corrected chi connectivity index (χ1v) is 6.38. The van der Waals surface area contributed by atoms with E-state index in [1.54, 1.807) is 0 Å². The maximum Gasteiger partial charge on any atom is 0.224 e. The number of alkyl halides is 1. The number of carbonyl (C=O) groups excluding carboxylic acids is 1. The van der Waals surface area contributed by atoms with E-state index in [2.05, 4.69) is 5.32 Å². The lowest BCUT2D eigenvalue weighted by molar-refractivity contribution is -0.121. The molecule has 2 atom stereocenters. The van der Waals surface area contributed by atoms with E-state index < -0.39 is 17.5 Å². The smallest absolute Gasteiger partial charge is 0.224 e. The van der Waals surface area contributed by atoms with Gasteiger partial charge in [-0.15, -0.1) is 11.6 Å². The molecule has 1 aromatic carbocycles. The molecule has 5 heteroatoms.